The summed E-state index contributed by atoms with van der Waals surface area (Å²) in [4.78, 5) is 11.4. The number of hydrogen-bond donors (Lipinski definition) is 2. The lowest BCUT2D eigenvalue weighted by atomic mass is 10.1. The normalized spacial score (nSPS) is 12.3. The van der Waals surface area contributed by atoms with Crippen molar-refractivity contribution in [2.45, 2.75) is 19.5 Å². The molecule has 20 heavy (non-hydrogen) atoms. The fraction of sp³-hybridized carbons (Fsp3) is 0.286. The minimum absolute atomic E-state index is 0.403. The molecule has 0 bridgehead atoms. The maximum atomic E-state index is 11.4. The number of carboxylic acid groups (broad SMARTS) is 1. The van der Waals surface area contributed by atoms with E-state index in [4.69, 9.17) is 0 Å². The first-order valence-corrected chi connectivity index (χ1v) is 6.98. The number of halogens is 1. The molecule has 1 atom stereocenters. The van der Waals surface area contributed by atoms with Gasteiger partial charge in [0.2, 0.25) is 0 Å². The third-order valence-corrected chi connectivity index (χ3v) is 3.84. The number of hydrogen-bond acceptors (Lipinski definition) is 3. The molecule has 0 saturated heterocycles. The van der Waals surface area contributed by atoms with E-state index in [1.165, 1.54) is 0 Å². The molecule has 1 aromatic heterocycles. The van der Waals surface area contributed by atoms with Crippen LogP contribution in [-0.4, -0.2) is 20.9 Å². The fourth-order valence-corrected chi connectivity index (χ4v) is 2.48. The third-order valence-electron chi connectivity index (χ3n) is 3.11. The quantitative estimate of drug-likeness (QED) is 0.879. The van der Waals surface area contributed by atoms with E-state index in [-0.39, 0.29) is 0 Å². The predicted molar refractivity (Wildman–Crippen MR) is 79.3 cm³/mol. The van der Waals surface area contributed by atoms with E-state index >= 15 is 0 Å². The Morgan fingerprint density at radius 1 is 1.50 bits per heavy atom. The van der Waals surface area contributed by atoms with Crippen molar-refractivity contribution in [3.05, 3.63) is 51.8 Å². The summed E-state index contributed by atoms with van der Waals surface area (Å²) in [6, 6.07) is 8.47. The summed E-state index contributed by atoms with van der Waals surface area (Å²) in [5, 5.41) is 16.7. The van der Waals surface area contributed by atoms with E-state index in [1.807, 2.05) is 38.2 Å². The van der Waals surface area contributed by atoms with Crippen LogP contribution < -0.4 is 5.32 Å². The van der Waals surface area contributed by atoms with Crippen LogP contribution in [0, 0.1) is 6.92 Å². The molecule has 2 N–H and O–H groups in total. The lowest BCUT2D eigenvalue weighted by Gasteiger charge is -2.15. The van der Waals surface area contributed by atoms with Crippen LogP contribution in [0.3, 0.4) is 0 Å². The Labute approximate surface area is 125 Å². The maximum absolute atomic E-state index is 11.4. The van der Waals surface area contributed by atoms with Gasteiger partial charge in [-0.3, -0.25) is 14.8 Å². The summed E-state index contributed by atoms with van der Waals surface area (Å²) in [6.45, 7) is 2.36. The van der Waals surface area contributed by atoms with Crippen LogP contribution >= 0.6 is 15.9 Å². The van der Waals surface area contributed by atoms with Crippen molar-refractivity contribution < 1.29 is 9.90 Å². The van der Waals surface area contributed by atoms with Crippen molar-refractivity contribution in [2.75, 3.05) is 0 Å². The van der Waals surface area contributed by atoms with Crippen LogP contribution in [-0.2, 0) is 18.4 Å². The van der Waals surface area contributed by atoms with E-state index < -0.39 is 12.0 Å². The number of aromatic nitrogens is 2. The highest BCUT2D eigenvalue weighted by molar-refractivity contribution is 9.10. The summed E-state index contributed by atoms with van der Waals surface area (Å²) in [5.41, 5.74) is 2.56. The SMILES string of the molecule is Cc1cc(CNC(C(=O)O)c2ccccc2Br)nn1C. The molecule has 0 saturated carbocycles. The number of aryl methyl sites for hydroxylation is 2. The number of carbonyl (C=O) groups is 1. The largest absolute Gasteiger partial charge is 0.480 e. The van der Waals surface area contributed by atoms with Gasteiger partial charge in [-0.1, -0.05) is 34.1 Å². The zero-order valence-corrected chi connectivity index (χ0v) is 12.9. The predicted octanol–water partition coefficient (Wildman–Crippen LogP) is 2.41. The van der Waals surface area contributed by atoms with Gasteiger partial charge in [-0.2, -0.15) is 5.10 Å². The van der Waals surface area contributed by atoms with Crippen LogP contribution in [0.2, 0.25) is 0 Å². The van der Waals surface area contributed by atoms with Crippen molar-refractivity contribution in [3.8, 4) is 0 Å². The first kappa shape index (κ1) is 14.7. The van der Waals surface area contributed by atoms with Crippen LogP contribution in [0.5, 0.6) is 0 Å². The smallest absolute Gasteiger partial charge is 0.325 e. The molecule has 106 valence electrons. The van der Waals surface area contributed by atoms with Crippen LogP contribution in [0.25, 0.3) is 0 Å². The molecule has 0 aliphatic heterocycles. The van der Waals surface area contributed by atoms with E-state index in [2.05, 4.69) is 26.3 Å². The Morgan fingerprint density at radius 2 is 2.20 bits per heavy atom. The third kappa shape index (κ3) is 3.26. The minimum atomic E-state index is -0.912. The molecule has 0 radical (unpaired) electrons. The van der Waals surface area contributed by atoms with Crippen LogP contribution in [0.1, 0.15) is 23.0 Å². The summed E-state index contributed by atoms with van der Waals surface area (Å²) in [6.07, 6.45) is 0. The number of aliphatic carboxylic acids is 1. The van der Waals surface area contributed by atoms with Gasteiger partial charge >= 0.3 is 5.97 Å². The first-order valence-electron chi connectivity index (χ1n) is 6.19. The van der Waals surface area contributed by atoms with Gasteiger partial charge in [-0.15, -0.1) is 0 Å². The molecule has 0 amide bonds. The van der Waals surface area contributed by atoms with Gasteiger partial charge in [0.15, 0.2) is 0 Å². The van der Waals surface area contributed by atoms with Crippen molar-refractivity contribution in [1.82, 2.24) is 15.1 Å². The number of nitrogens with one attached hydrogen (secondary N) is 1. The number of rotatable bonds is 5. The van der Waals surface area contributed by atoms with Crippen LogP contribution in [0.4, 0.5) is 0 Å². The highest BCUT2D eigenvalue weighted by Crippen LogP contribution is 2.23. The average Bonchev–Trinajstić information content (AvgIpc) is 2.71. The second-order valence-electron chi connectivity index (χ2n) is 4.57. The van der Waals surface area contributed by atoms with Crippen LogP contribution in [0.15, 0.2) is 34.8 Å². The second-order valence-corrected chi connectivity index (χ2v) is 5.43. The molecule has 0 spiro atoms. The molecule has 1 heterocycles. The highest BCUT2D eigenvalue weighted by Gasteiger charge is 2.21. The van der Waals surface area contributed by atoms with Gasteiger partial charge in [-0.05, 0) is 24.6 Å². The van der Waals surface area contributed by atoms with Crippen molar-refractivity contribution in [2.24, 2.45) is 7.05 Å². The minimum Gasteiger partial charge on any atom is -0.480 e. The van der Waals surface area contributed by atoms with Gasteiger partial charge < -0.3 is 5.11 Å². The standard InChI is InChI=1S/C14H16BrN3O2/c1-9-7-10(17-18(9)2)8-16-13(14(19)20)11-5-3-4-6-12(11)15/h3-7,13,16H,8H2,1-2H3,(H,19,20). The van der Waals surface area contributed by atoms with E-state index in [9.17, 15) is 9.90 Å². The lowest BCUT2D eigenvalue weighted by molar-refractivity contribution is -0.139. The molecular formula is C14H16BrN3O2. The molecule has 0 fully saturated rings. The van der Waals surface area contributed by atoms with Gasteiger partial charge in [0, 0.05) is 23.8 Å². The molecule has 6 heteroatoms. The Hall–Kier alpha value is -1.66. The fourth-order valence-electron chi connectivity index (χ4n) is 1.97. The summed E-state index contributed by atoms with van der Waals surface area (Å²) < 4.78 is 2.54. The first-order chi connectivity index (χ1) is 9.49. The van der Waals surface area contributed by atoms with Gasteiger partial charge in [0.25, 0.3) is 0 Å². The zero-order chi connectivity index (χ0) is 14.7. The van der Waals surface area contributed by atoms with E-state index in [0.29, 0.717) is 12.1 Å². The Bertz CT molecular complexity index is 605. The second kappa shape index (κ2) is 6.19. The van der Waals surface area contributed by atoms with Gasteiger partial charge in [-0.25, -0.2) is 0 Å². The number of nitrogens with zero attached hydrogens (tertiary/aromatic N) is 2. The average molecular weight is 338 g/mol. The maximum Gasteiger partial charge on any atom is 0.325 e. The molecule has 1 unspecified atom stereocenters. The molecule has 2 aromatic rings. The van der Waals surface area contributed by atoms with Gasteiger partial charge in [0.1, 0.15) is 6.04 Å². The van der Waals surface area contributed by atoms with Gasteiger partial charge in [0.05, 0.1) is 5.69 Å². The lowest BCUT2D eigenvalue weighted by Crippen LogP contribution is -2.28. The molecule has 0 aliphatic rings. The summed E-state index contributed by atoms with van der Waals surface area (Å²) in [5.74, 6) is -0.912. The molecule has 2 rings (SSSR count). The Kier molecular flexibility index (Phi) is 4.57. The molecule has 5 nitrogen and oxygen atoms in total. The Balaban J connectivity index is 2.15. The molecular weight excluding hydrogens is 322 g/mol. The number of carboxylic acids is 1. The van der Waals surface area contributed by atoms with E-state index in [0.717, 1.165) is 15.9 Å². The highest BCUT2D eigenvalue weighted by atomic mass is 79.9. The summed E-state index contributed by atoms with van der Waals surface area (Å²) >= 11 is 3.38. The molecule has 0 aliphatic carbocycles. The monoisotopic (exact) mass is 337 g/mol. The zero-order valence-electron chi connectivity index (χ0n) is 11.3. The topological polar surface area (TPSA) is 67.2 Å². The number of benzene rings is 1. The Morgan fingerprint density at radius 3 is 2.75 bits per heavy atom. The van der Waals surface area contributed by atoms with Crippen molar-refractivity contribution in [1.29, 1.82) is 0 Å². The van der Waals surface area contributed by atoms with E-state index in [1.54, 1.807) is 10.7 Å². The summed E-state index contributed by atoms with van der Waals surface area (Å²) in [7, 11) is 1.86. The molecule has 1 aromatic carbocycles. The van der Waals surface area contributed by atoms with Crippen molar-refractivity contribution >= 4 is 21.9 Å². The van der Waals surface area contributed by atoms with Crippen molar-refractivity contribution in [3.63, 3.8) is 0 Å².